The molecule has 1 aromatic rings. The third-order valence-electron chi connectivity index (χ3n) is 3.29. The predicted octanol–water partition coefficient (Wildman–Crippen LogP) is 1.37. The summed E-state index contributed by atoms with van der Waals surface area (Å²) in [6.45, 7) is 5.89. The van der Waals surface area contributed by atoms with Gasteiger partial charge in [0.05, 0.1) is 25.8 Å². The molecule has 2 aliphatic rings. The van der Waals surface area contributed by atoms with Crippen molar-refractivity contribution in [1.29, 1.82) is 0 Å². The molecule has 4 heteroatoms. The maximum atomic E-state index is 4.24. The highest BCUT2D eigenvalue weighted by atomic mass is 15.2. The zero-order chi connectivity index (χ0) is 12.2. The molecule has 0 amide bonds. The first-order valence-electron chi connectivity index (χ1n) is 6.46. The largest absolute Gasteiger partial charge is 0.357 e. The third-order valence-corrected chi connectivity index (χ3v) is 3.29. The molecule has 18 heavy (non-hydrogen) atoms. The number of benzene rings is 1. The molecule has 0 saturated heterocycles. The Morgan fingerprint density at radius 3 is 1.89 bits per heavy atom. The van der Waals surface area contributed by atoms with Crippen LogP contribution in [0, 0.1) is 0 Å². The second kappa shape index (κ2) is 5.21. The Labute approximate surface area is 108 Å². The summed E-state index contributed by atoms with van der Waals surface area (Å²) in [5, 5.41) is 0. The van der Waals surface area contributed by atoms with Crippen LogP contribution in [0.1, 0.15) is 11.1 Å². The minimum absolute atomic E-state index is 0.934. The Balaban J connectivity index is 1.64. The summed E-state index contributed by atoms with van der Waals surface area (Å²) in [5.41, 5.74) is 2.72. The van der Waals surface area contributed by atoms with Crippen LogP contribution in [-0.4, -0.2) is 48.7 Å². The molecule has 0 aromatic heterocycles. The topological polar surface area (TPSA) is 31.2 Å². The van der Waals surface area contributed by atoms with Crippen LogP contribution in [0.3, 0.4) is 0 Å². The Kier molecular flexibility index (Phi) is 3.26. The van der Waals surface area contributed by atoms with Crippen LogP contribution in [0.15, 0.2) is 34.3 Å². The Hall–Kier alpha value is -1.84. The fourth-order valence-electron chi connectivity index (χ4n) is 2.37. The first kappa shape index (κ1) is 11.3. The van der Waals surface area contributed by atoms with E-state index in [1.165, 1.54) is 11.1 Å². The van der Waals surface area contributed by atoms with Gasteiger partial charge in [0, 0.05) is 26.2 Å². The van der Waals surface area contributed by atoms with Gasteiger partial charge >= 0.3 is 0 Å². The average molecular weight is 242 g/mol. The molecule has 0 saturated carbocycles. The number of aliphatic imine (C=N–C) groups is 2. The molecule has 2 heterocycles. The van der Waals surface area contributed by atoms with Gasteiger partial charge < -0.3 is 9.80 Å². The lowest BCUT2D eigenvalue weighted by Crippen LogP contribution is -2.20. The fourth-order valence-corrected chi connectivity index (χ4v) is 2.37. The molecule has 94 valence electrons. The molecule has 0 spiro atoms. The summed E-state index contributed by atoms with van der Waals surface area (Å²) < 4.78 is 0. The summed E-state index contributed by atoms with van der Waals surface area (Å²) in [5.74, 6) is 0. The van der Waals surface area contributed by atoms with Gasteiger partial charge in [-0.05, 0) is 11.1 Å². The number of nitrogens with zero attached hydrogens (tertiary/aromatic N) is 4. The van der Waals surface area contributed by atoms with E-state index >= 15 is 0 Å². The molecule has 0 unspecified atom stereocenters. The van der Waals surface area contributed by atoms with Crippen molar-refractivity contribution < 1.29 is 0 Å². The lowest BCUT2D eigenvalue weighted by molar-refractivity contribution is 0.455. The second-order valence-electron chi connectivity index (χ2n) is 4.80. The van der Waals surface area contributed by atoms with Crippen molar-refractivity contribution in [2.75, 3.05) is 26.2 Å². The summed E-state index contributed by atoms with van der Waals surface area (Å²) >= 11 is 0. The van der Waals surface area contributed by atoms with Crippen molar-refractivity contribution >= 4 is 12.7 Å². The Morgan fingerprint density at radius 1 is 0.889 bits per heavy atom. The van der Waals surface area contributed by atoms with Crippen molar-refractivity contribution in [2.24, 2.45) is 9.98 Å². The zero-order valence-corrected chi connectivity index (χ0v) is 10.5. The van der Waals surface area contributed by atoms with Crippen molar-refractivity contribution in [3.05, 3.63) is 35.4 Å². The Bertz CT molecular complexity index is 427. The molecule has 0 bridgehead atoms. The van der Waals surface area contributed by atoms with Gasteiger partial charge in [0.15, 0.2) is 0 Å². The summed E-state index contributed by atoms with van der Waals surface area (Å²) in [6, 6.07) is 8.81. The molecule has 0 aliphatic carbocycles. The summed E-state index contributed by atoms with van der Waals surface area (Å²) in [6.07, 6.45) is 3.92. The van der Waals surface area contributed by atoms with E-state index in [4.69, 9.17) is 0 Å². The van der Waals surface area contributed by atoms with Crippen molar-refractivity contribution in [3.63, 3.8) is 0 Å². The van der Waals surface area contributed by atoms with E-state index < -0.39 is 0 Å². The first-order chi connectivity index (χ1) is 8.90. The SMILES string of the molecule is C1=NCCN1Cc1cccc(CN2C=NCC2)c1. The average Bonchev–Trinajstić information content (AvgIpc) is 3.03. The molecule has 0 N–H and O–H groups in total. The molecule has 0 atom stereocenters. The van der Waals surface area contributed by atoms with Crippen molar-refractivity contribution in [2.45, 2.75) is 13.1 Å². The molecule has 2 aliphatic heterocycles. The van der Waals surface area contributed by atoms with Crippen LogP contribution in [0.4, 0.5) is 0 Å². The van der Waals surface area contributed by atoms with Crippen LogP contribution in [0.5, 0.6) is 0 Å². The second-order valence-corrected chi connectivity index (χ2v) is 4.80. The highest BCUT2D eigenvalue weighted by molar-refractivity contribution is 5.58. The maximum Gasteiger partial charge on any atom is 0.0854 e. The molecule has 3 rings (SSSR count). The molecule has 1 aromatic carbocycles. The van der Waals surface area contributed by atoms with Crippen LogP contribution in [0.2, 0.25) is 0 Å². The van der Waals surface area contributed by atoms with Gasteiger partial charge in [-0.25, -0.2) is 0 Å². The predicted molar refractivity (Wildman–Crippen MR) is 74.0 cm³/mol. The van der Waals surface area contributed by atoms with E-state index in [2.05, 4.69) is 44.1 Å². The van der Waals surface area contributed by atoms with Crippen LogP contribution in [0.25, 0.3) is 0 Å². The first-order valence-corrected chi connectivity index (χ1v) is 6.46. The molecule has 0 fully saturated rings. The standard InChI is InChI=1S/C14H18N4/c1-2-13(9-17-6-4-15-11-17)8-14(3-1)10-18-7-5-16-12-18/h1-3,8,11-12H,4-7,9-10H2. The summed E-state index contributed by atoms with van der Waals surface area (Å²) in [4.78, 5) is 13.0. The normalized spacial score (nSPS) is 18.0. The molecule has 4 nitrogen and oxygen atoms in total. The number of hydrogen-bond acceptors (Lipinski definition) is 4. The minimum atomic E-state index is 0.934. The highest BCUT2D eigenvalue weighted by Crippen LogP contribution is 2.11. The van der Waals surface area contributed by atoms with E-state index in [1.807, 2.05) is 12.7 Å². The van der Waals surface area contributed by atoms with Crippen LogP contribution in [-0.2, 0) is 13.1 Å². The van der Waals surface area contributed by atoms with Gasteiger partial charge in [-0.3, -0.25) is 9.98 Å². The van der Waals surface area contributed by atoms with Gasteiger partial charge in [0.25, 0.3) is 0 Å². The van der Waals surface area contributed by atoms with Crippen molar-refractivity contribution in [1.82, 2.24) is 9.80 Å². The van der Waals surface area contributed by atoms with Gasteiger partial charge in [-0.2, -0.15) is 0 Å². The van der Waals surface area contributed by atoms with Crippen LogP contribution >= 0.6 is 0 Å². The zero-order valence-electron chi connectivity index (χ0n) is 10.5. The Morgan fingerprint density at radius 2 is 1.44 bits per heavy atom. The van der Waals surface area contributed by atoms with Gasteiger partial charge in [0.2, 0.25) is 0 Å². The smallest absolute Gasteiger partial charge is 0.0854 e. The maximum absolute atomic E-state index is 4.24. The molecular weight excluding hydrogens is 224 g/mol. The minimum Gasteiger partial charge on any atom is -0.357 e. The van der Waals surface area contributed by atoms with E-state index in [0.717, 1.165) is 39.3 Å². The lowest BCUT2D eigenvalue weighted by atomic mass is 10.1. The van der Waals surface area contributed by atoms with Gasteiger partial charge in [0.1, 0.15) is 0 Å². The van der Waals surface area contributed by atoms with Gasteiger partial charge in [-0.1, -0.05) is 24.3 Å². The lowest BCUT2D eigenvalue weighted by Gasteiger charge is -2.16. The number of rotatable bonds is 4. The highest BCUT2D eigenvalue weighted by Gasteiger charge is 2.08. The van der Waals surface area contributed by atoms with E-state index in [9.17, 15) is 0 Å². The molecular formula is C14H18N4. The van der Waals surface area contributed by atoms with Gasteiger partial charge in [-0.15, -0.1) is 0 Å². The van der Waals surface area contributed by atoms with Crippen molar-refractivity contribution in [3.8, 4) is 0 Å². The summed E-state index contributed by atoms with van der Waals surface area (Å²) in [7, 11) is 0. The van der Waals surface area contributed by atoms with E-state index in [-0.39, 0.29) is 0 Å². The quantitative estimate of drug-likeness (QED) is 0.798. The molecule has 0 radical (unpaired) electrons. The third kappa shape index (κ3) is 2.70. The van der Waals surface area contributed by atoms with E-state index in [1.54, 1.807) is 0 Å². The fraction of sp³-hybridized carbons (Fsp3) is 0.429. The number of hydrogen-bond donors (Lipinski definition) is 0. The van der Waals surface area contributed by atoms with E-state index in [0.29, 0.717) is 0 Å². The van der Waals surface area contributed by atoms with Crippen LogP contribution < -0.4 is 0 Å². The monoisotopic (exact) mass is 242 g/mol.